The zero-order valence-corrected chi connectivity index (χ0v) is 9.03. The molecule has 0 spiro atoms. The van der Waals surface area contributed by atoms with E-state index in [9.17, 15) is 0 Å². The Balaban J connectivity index is 1.88. The summed E-state index contributed by atoms with van der Waals surface area (Å²) in [6.45, 7) is 5.44. The SMILES string of the molecule is CC(C)CSOCC1CCCC1. The fourth-order valence-corrected chi connectivity index (χ4v) is 2.16. The van der Waals surface area contributed by atoms with E-state index < -0.39 is 0 Å². The van der Waals surface area contributed by atoms with Crippen LogP contribution in [0, 0.1) is 11.8 Å². The van der Waals surface area contributed by atoms with Crippen molar-refractivity contribution in [1.82, 2.24) is 0 Å². The number of rotatable bonds is 5. The van der Waals surface area contributed by atoms with Crippen LogP contribution in [0.5, 0.6) is 0 Å². The van der Waals surface area contributed by atoms with Gasteiger partial charge in [-0.1, -0.05) is 26.7 Å². The second kappa shape index (κ2) is 5.87. The molecule has 0 heterocycles. The number of hydrogen-bond donors (Lipinski definition) is 0. The van der Waals surface area contributed by atoms with Gasteiger partial charge in [-0.15, -0.1) is 0 Å². The molecule has 1 aliphatic carbocycles. The Labute approximate surface area is 80.5 Å². The molecule has 1 saturated carbocycles. The standard InChI is InChI=1S/C10H20OS/c1-9(2)8-12-11-7-10-5-3-4-6-10/h9-10H,3-8H2,1-2H3. The molecule has 72 valence electrons. The van der Waals surface area contributed by atoms with Crippen molar-refractivity contribution in [2.24, 2.45) is 11.8 Å². The summed E-state index contributed by atoms with van der Waals surface area (Å²) in [4.78, 5) is 0. The third-order valence-electron chi connectivity index (χ3n) is 2.26. The Morgan fingerprint density at radius 1 is 1.33 bits per heavy atom. The van der Waals surface area contributed by atoms with E-state index in [0.717, 1.165) is 24.2 Å². The van der Waals surface area contributed by atoms with Crippen LogP contribution < -0.4 is 0 Å². The Bertz CT molecular complexity index is 108. The summed E-state index contributed by atoms with van der Waals surface area (Å²) < 4.78 is 5.55. The van der Waals surface area contributed by atoms with Crippen LogP contribution in [0.2, 0.25) is 0 Å². The minimum Gasteiger partial charge on any atom is -0.315 e. The molecule has 0 saturated heterocycles. The van der Waals surface area contributed by atoms with E-state index in [4.69, 9.17) is 4.18 Å². The highest BCUT2D eigenvalue weighted by molar-refractivity contribution is 7.94. The highest BCUT2D eigenvalue weighted by atomic mass is 32.2. The van der Waals surface area contributed by atoms with Crippen LogP contribution in [0.15, 0.2) is 0 Å². The first-order valence-corrected chi connectivity index (χ1v) is 5.94. The molecule has 1 aliphatic rings. The third kappa shape index (κ3) is 4.36. The van der Waals surface area contributed by atoms with Crippen LogP contribution in [0.4, 0.5) is 0 Å². The average molecular weight is 188 g/mol. The highest BCUT2D eigenvalue weighted by Gasteiger charge is 2.14. The summed E-state index contributed by atoms with van der Waals surface area (Å²) in [5.41, 5.74) is 0. The molecule has 2 heteroatoms. The zero-order chi connectivity index (χ0) is 8.81. The lowest BCUT2D eigenvalue weighted by atomic mass is 10.1. The van der Waals surface area contributed by atoms with Crippen LogP contribution >= 0.6 is 12.0 Å². The van der Waals surface area contributed by atoms with E-state index in [0.29, 0.717) is 0 Å². The Morgan fingerprint density at radius 2 is 2.00 bits per heavy atom. The quantitative estimate of drug-likeness (QED) is 0.482. The van der Waals surface area contributed by atoms with E-state index in [1.165, 1.54) is 25.7 Å². The van der Waals surface area contributed by atoms with Crippen molar-refractivity contribution in [3.8, 4) is 0 Å². The first-order chi connectivity index (χ1) is 5.79. The zero-order valence-electron chi connectivity index (χ0n) is 8.21. The summed E-state index contributed by atoms with van der Waals surface area (Å²) in [6, 6.07) is 0. The van der Waals surface area contributed by atoms with E-state index in [-0.39, 0.29) is 0 Å². The Kier molecular flexibility index (Phi) is 5.08. The normalized spacial score (nSPS) is 19.2. The average Bonchev–Trinajstić information content (AvgIpc) is 2.49. The summed E-state index contributed by atoms with van der Waals surface area (Å²) in [5.74, 6) is 2.75. The van der Waals surface area contributed by atoms with Crippen molar-refractivity contribution in [1.29, 1.82) is 0 Å². The molecule has 0 N–H and O–H groups in total. The molecule has 1 rings (SSSR count). The van der Waals surface area contributed by atoms with Gasteiger partial charge in [0.05, 0.1) is 6.61 Å². The minimum absolute atomic E-state index is 0.749. The molecular formula is C10H20OS. The van der Waals surface area contributed by atoms with Gasteiger partial charge >= 0.3 is 0 Å². The maximum Gasteiger partial charge on any atom is 0.0642 e. The van der Waals surface area contributed by atoms with Gasteiger partial charge in [0.25, 0.3) is 0 Å². The van der Waals surface area contributed by atoms with Gasteiger partial charge in [0, 0.05) is 5.75 Å². The molecule has 12 heavy (non-hydrogen) atoms. The van der Waals surface area contributed by atoms with Gasteiger partial charge in [0.2, 0.25) is 0 Å². The molecule has 0 bridgehead atoms. The van der Waals surface area contributed by atoms with Gasteiger partial charge in [-0.2, -0.15) is 0 Å². The van der Waals surface area contributed by atoms with E-state index in [1.807, 2.05) is 0 Å². The first-order valence-electron chi connectivity index (χ1n) is 5.03. The van der Waals surface area contributed by atoms with Crippen LogP contribution in [-0.4, -0.2) is 12.4 Å². The highest BCUT2D eigenvalue weighted by Crippen LogP contribution is 2.26. The van der Waals surface area contributed by atoms with E-state index >= 15 is 0 Å². The summed E-state index contributed by atoms with van der Waals surface area (Å²) in [6.07, 6.45) is 5.62. The van der Waals surface area contributed by atoms with Crippen molar-refractivity contribution in [2.45, 2.75) is 39.5 Å². The van der Waals surface area contributed by atoms with E-state index in [2.05, 4.69) is 13.8 Å². The second-order valence-electron chi connectivity index (χ2n) is 4.11. The molecule has 0 radical (unpaired) electrons. The lowest BCUT2D eigenvalue weighted by Crippen LogP contribution is -2.02. The monoisotopic (exact) mass is 188 g/mol. The first kappa shape index (κ1) is 10.4. The molecule has 1 nitrogen and oxygen atoms in total. The van der Waals surface area contributed by atoms with E-state index in [1.54, 1.807) is 12.0 Å². The Morgan fingerprint density at radius 3 is 2.58 bits per heavy atom. The lowest BCUT2D eigenvalue weighted by Gasteiger charge is -2.09. The lowest BCUT2D eigenvalue weighted by molar-refractivity contribution is 0.290. The molecule has 0 unspecified atom stereocenters. The van der Waals surface area contributed by atoms with Gasteiger partial charge in [-0.05, 0) is 36.7 Å². The predicted molar refractivity (Wildman–Crippen MR) is 55.2 cm³/mol. The minimum atomic E-state index is 0.749. The summed E-state index contributed by atoms with van der Waals surface area (Å²) in [7, 11) is 0. The molecule has 0 atom stereocenters. The van der Waals surface area contributed by atoms with Crippen molar-refractivity contribution in [3.05, 3.63) is 0 Å². The molecule has 0 amide bonds. The van der Waals surface area contributed by atoms with Crippen LogP contribution in [-0.2, 0) is 4.18 Å². The van der Waals surface area contributed by atoms with Gasteiger partial charge < -0.3 is 4.18 Å². The third-order valence-corrected chi connectivity index (χ3v) is 3.37. The van der Waals surface area contributed by atoms with Crippen LogP contribution in [0.25, 0.3) is 0 Å². The molecule has 0 aromatic carbocycles. The fraction of sp³-hybridized carbons (Fsp3) is 1.00. The van der Waals surface area contributed by atoms with Gasteiger partial charge in [0.1, 0.15) is 0 Å². The maximum atomic E-state index is 5.55. The van der Waals surface area contributed by atoms with Gasteiger partial charge in [0.15, 0.2) is 0 Å². The summed E-state index contributed by atoms with van der Waals surface area (Å²) in [5, 5.41) is 0. The van der Waals surface area contributed by atoms with Crippen molar-refractivity contribution >= 4 is 12.0 Å². The van der Waals surface area contributed by atoms with Gasteiger partial charge in [-0.3, -0.25) is 0 Å². The molecule has 0 aromatic heterocycles. The van der Waals surface area contributed by atoms with Crippen LogP contribution in [0.3, 0.4) is 0 Å². The predicted octanol–water partition coefficient (Wildman–Crippen LogP) is 3.50. The smallest absolute Gasteiger partial charge is 0.0642 e. The number of hydrogen-bond acceptors (Lipinski definition) is 2. The second-order valence-corrected chi connectivity index (χ2v) is 4.92. The molecule has 0 aliphatic heterocycles. The van der Waals surface area contributed by atoms with Crippen molar-refractivity contribution in [3.63, 3.8) is 0 Å². The topological polar surface area (TPSA) is 9.23 Å². The Hall–Kier alpha value is 0.310. The van der Waals surface area contributed by atoms with Crippen molar-refractivity contribution < 1.29 is 4.18 Å². The summed E-state index contributed by atoms with van der Waals surface area (Å²) >= 11 is 1.65. The largest absolute Gasteiger partial charge is 0.315 e. The van der Waals surface area contributed by atoms with Crippen LogP contribution in [0.1, 0.15) is 39.5 Å². The van der Waals surface area contributed by atoms with Crippen molar-refractivity contribution in [2.75, 3.05) is 12.4 Å². The molecule has 1 fully saturated rings. The fourth-order valence-electron chi connectivity index (χ4n) is 1.51. The maximum absolute atomic E-state index is 5.55. The molecular weight excluding hydrogens is 168 g/mol. The van der Waals surface area contributed by atoms with Gasteiger partial charge in [-0.25, -0.2) is 0 Å². The molecule has 0 aromatic rings.